The number of ether oxygens (including phenoxy) is 1. The van der Waals surface area contributed by atoms with Crippen LogP contribution in [0, 0.1) is 0 Å². The van der Waals surface area contributed by atoms with E-state index in [1.807, 2.05) is 48.5 Å². The van der Waals surface area contributed by atoms with Crippen LogP contribution >= 0.6 is 24.0 Å². The molecule has 2 aliphatic heterocycles. The molecule has 4 nitrogen and oxygen atoms in total. The summed E-state index contributed by atoms with van der Waals surface area (Å²) < 4.78 is 5.64. The Morgan fingerprint density at radius 3 is 2.44 bits per heavy atom. The molecule has 144 valence electrons. The van der Waals surface area contributed by atoms with Gasteiger partial charge >= 0.3 is 0 Å². The molecule has 4 rings (SSSR count). The van der Waals surface area contributed by atoms with E-state index >= 15 is 0 Å². The van der Waals surface area contributed by atoms with Gasteiger partial charge in [0.25, 0.3) is 5.91 Å². The van der Waals surface area contributed by atoms with Gasteiger partial charge in [-0.25, -0.2) is 0 Å². The molecule has 1 amide bonds. The monoisotopic (exact) mass is 406 g/mol. The van der Waals surface area contributed by atoms with Crippen molar-refractivity contribution in [2.75, 3.05) is 6.61 Å². The minimum atomic E-state index is -0.0838. The van der Waals surface area contributed by atoms with Gasteiger partial charge in [0.2, 0.25) is 0 Å². The van der Waals surface area contributed by atoms with E-state index < -0.39 is 0 Å². The predicted octanol–water partition coefficient (Wildman–Crippen LogP) is 4.21. The lowest BCUT2D eigenvalue weighted by atomic mass is 10.00. The lowest BCUT2D eigenvalue weighted by Crippen LogP contribution is -2.48. The zero-order valence-electron chi connectivity index (χ0n) is 15.0. The molecule has 2 fully saturated rings. The van der Waals surface area contributed by atoms with Crippen molar-refractivity contribution < 1.29 is 9.53 Å². The molecule has 6 heteroatoms. The standard InChI is InChI=1S/C21H23ClN2O2.ClH/c22-19-10-15(14-4-2-1-3-5-14)6-9-20(19)26-13-21(25)24-18-11-16-7-8-17(12-18)23-16;/h1-6,9-10,16-18,23H,7-8,11-13H2,(H,24,25);1H. The minimum Gasteiger partial charge on any atom is -0.482 e. The fraction of sp³-hybridized carbons (Fsp3) is 0.381. The van der Waals surface area contributed by atoms with Gasteiger partial charge in [0.15, 0.2) is 6.61 Å². The van der Waals surface area contributed by atoms with Crippen LogP contribution in [0.25, 0.3) is 11.1 Å². The number of amides is 1. The maximum atomic E-state index is 12.2. The van der Waals surface area contributed by atoms with Crippen molar-refractivity contribution in [3.8, 4) is 16.9 Å². The van der Waals surface area contributed by atoms with Gasteiger partial charge in [-0.2, -0.15) is 0 Å². The second kappa shape index (κ2) is 8.96. The lowest BCUT2D eigenvalue weighted by Gasteiger charge is -2.29. The first-order chi connectivity index (χ1) is 12.7. The number of hydrogen-bond donors (Lipinski definition) is 2. The zero-order chi connectivity index (χ0) is 17.9. The fourth-order valence-electron chi connectivity index (χ4n) is 4.02. The van der Waals surface area contributed by atoms with Gasteiger partial charge in [-0.05, 0) is 48.9 Å². The molecule has 0 aliphatic carbocycles. The van der Waals surface area contributed by atoms with Crippen LogP contribution in [0.4, 0.5) is 0 Å². The van der Waals surface area contributed by atoms with Crippen LogP contribution in [0.1, 0.15) is 25.7 Å². The molecule has 2 aromatic carbocycles. The van der Waals surface area contributed by atoms with Crippen LogP contribution < -0.4 is 15.4 Å². The summed E-state index contributed by atoms with van der Waals surface area (Å²) in [6.45, 7) is -0.0103. The van der Waals surface area contributed by atoms with Crippen molar-refractivity contribution in [1.29, 1.82) is 0 Å². The van der Waals surface area contributed by atoms with E-state index in [0.717, 1.165) is 24.0 Å². The number of carbonyl (C=O) groups is 1. The number of rotatable bonds is 5. The van der Waals surface area contributed by atoms with Gasteiger partial charge in [-0.3, -0.25) is 4.79 Å². The number of carbonyl (C=O) groups excluding carboxylic acids is 1. The van der Waals surface area contributed by atoms with Gasteiger partial charge in [0.05, 0.1) is 5.02 Å². The molecule has 0 saturated carbocycles. The van der Waals surface area contributed by atoms with E-state index in [4.69, 9.17) is 16.3 Å². The van der Waals surface area contributed by atoms with Gasteiger partial charge in [-0.15, -0.1) is 12.4 Å². The number of fused-ring (bicyclic) bond motifs is 2. The number of hydrogen-bond acceptors (Lipinski definition) is 3. The van der Waals surface area contributed by atoms with Crippen molar-refractivity contribution in [3.63, 3.8) is 0 Å². The van der Waals surface area contributed by atoms with Gasteiger partial charge in [-0.1, -0.05) is 48.0 Å². The first kappa shape index (κ1) is 20.0. The third kappa shape index (κ3) is 4.95. The van der Waals surface area contributed by atoms with E-state index in [2.05, 4.69) is 10.6 Å². The van der Waals surface area contributed by atoms with Crippen molar-refractivity contribution in [3.05, 3.63) is 53.6 Å². The molecular formula is C21H24Cl2N2O2. The molecule has 2 heterocycles. The summed E-state index contributed by atoms with van der Waals surface area (Å²) in [6.07, 6.45) is 4.46. The predicted molar refractivity (Wildman–Crippen MR) is 111 cm³/mol. The number of piperidine rings is 1. The third-order valence-corrected chi connectivity index (χ3v) is 5.53. The maximum Gasteiger partial charge on any atom is 0.258 e. The van der Waals surface area contributed by atoms with Crippen molar-refractivity contribution in [2.24, 2.45) is 0 Å². The average molecular weight is 407 g/mol. The van der Waals surface area contributed by atoms with E-state index in [-0.39, 0.29) is 31.0 Å². The number of nitrogens with one attached hydrogen (secondary N) is 2. The Balaban J connectivity index is 0.00000210. The molecule has 0 aromatic heterocycles. The van der Waals surface area contributed by atoms with Crippen LogP contribution in [0.5, 0.6) is 5.75 Å². The van der Waals surface area contributed by atoms with E-state index in [1.54, 1.807) is 0 Å². The van der Waals surface area contributed by atoms with E-state index in [0.29, 0.717) is 22.9 Å². The fourth-order valence-corrected chi connectivity index (χ4v) is 4.25. The summed E-state index contributed by atoms with van der Waals surface area (Å²) in [5.74, 6) is 0.450. The van der Waals surface area contributed by atoms with Gasteiger partial charge < -0.3 is 15.4 Å². The first-order valence-electron chi connectivity index (χ1n) is 9.20. The Hall–Kier alpha value is -1.75. The summed E-state index contributed by atoms with van der Waals surface area (Å²) in [6, 6.07) is 17.0. The largest absolute Gasteiger partial charge is 0.482 e. The Labute approximate surface area is 171 Å². The Morgan fingerprint density at radius 1 is 1.07 bits per heavy atom. The van der Waals surface area contributed by atoms with E-state index in [1.165, 1.54) is 12.8 Å². The molecule has 2 bridgehead atoms. The molecule has 2 aliphatic rings. The lowest BCUT2D eigenvalue weighted by molar-refractivity contribution is -0.124. The van der Waals surface area contributed by atoms with Gasteiger partial charge in [0.1, 0.15) is 5.75 Å². The SMILES string of the molecule is Cl.O=C(COc1ccc(-c2ccccc2)cc1Cl)NC1CC2CCC(C1)N2. The molecule has 2 unspecified atom stereocenters. The molecule has 0 radical (unpaired) electrons. The van der Waals surface area contributed by atoms with Crippen molar-refractivity contribution >= 4 is 29.9 Å². The van der Waals surface area contributed by atoms with Crippen LogP contribution in [0.3, 0.4) is 0 Å². The number of halogens is 2. The Bertz CT molecular complexity index is 773. The van der Waals surface area contributed by atoms with Crippen LogP contribution in [0.15, 0.2) is 48.5 Å². The summed E-state index contributed by atoms with van der Waals surface area (Å²) in [5, 5.41) is 7.19. The smallest absolute Gasteiger partial charge is 0.258 e. The maximum absolute atomic E-state index is 12.2. The highest BCUT2D eigenvalue weighted by molar-refractivity contribution is 6.32. The third-order valence-electron chi connectivity index (χ3n) is 5.24. The average Bonchev–Trinajstić information content (AvgIpc) is 2.99. The summed E-state index contributed by atoms with van der Waals surface area (Å²) >= 11 is 6.34. The summed E-state index contributed by atoms with van der Waals surface area (Å²) in [4.78, 5) is 12.2. The molecule has 0 spiro atoms. The highest BCUT2D eigenvalue weighted by Crippen LogP contribution is 2.30. The molecule has 2 aromatic rings. The molecule has 2 saturated heterocycles. The second-order valence-corrected chi connectivity index (χ2v) is 7.58. The van der Waals surface area contributed by atoms with Crippen molar-refractivity contribution in [2.45, 2.75) is 43.8 Å². The van der Waals surface area contributed by atoms with Gasteiger partial charge in [0, 0.05) is 18.1 Å². The molecule has 2 atom stereocenters. The van der Waals surface area contributed by atoms with Crippen LogP contribution in [0.2, 0.25) is 5.02 Å². The van der Waals surface area contributed by atoms with Crippen LogP contribution in [-0.2, 0) is 4.79 Å². The second-order valence-electron chi connectivity index (χ2n) is 7.17. The molecular weight excluding hydrogens is 383 g/mol. The zero-order valence-corrected chi connectivity index (χ0v) is 16.6. The topological polar surface area (TPSA) is 50.4 Å². The van der Waals surface area contributed by atoms with E-state index in [9.17, 15) is 4.79 Å². The number of benzene rings is 2. The molecule has 27 heavy (non-hydrogen) atoms. The highest BCUT2D eigenvalue weighted by atomic mass is 35.5. The quantitative estimate of drug-likeness (QED) is 0.781. The Kier molecular flexibility index (Phi) is 6.64. The Morgan fingerprint density at radius 2 is 1.78 bits per heavy atom. The van der Waals surface area contributed by atoms with Crippen molar-refractivity contribution in [1.82, 2.24) is 10.6 Å². The normalized spacial score (nSPS) is 23.4. The summed E-state index contributed by atoms with van der Waals surface area (Å²) in [5.41, 5.74) is 2.12. The molecule has 2 N–H and O–H groups in total. The van der Waals surface area contributed by atoms with Crippen LogP contribution in [-0.4, -0.2) is 30.6 Å². The first-order valence-corrected chi connectivity index (χ1v) is 9.58. The summed E-state index contributed by atoms with van der Waals surface area (Å²) in [7, 11) is 0. The minimum absolute atomic E-state index is 0. The highest BCUT2D eigenvalue weighted by Gasteiger charge is 2.33.